The van der Waals surface area contributed by atoms with Crippen LogP contribution in [0.3, 0.4) is 0 Å². The standard InChI is InChI=1S/C6H6N2O/c9-6-4-1-2-5(4)7-3-8-6/h3-4H,1-2H2. The molecule has 1 heterocycles. The molecular weight excluding hydrogens is 116 g/mol. The van der Waals surface area contributed by atoms with Crippen molar-refractivity contribution < 1.29 is 4.79 Å². The van der Waals surface area contributed by atoms with Gasteiger partial charge in [-0.3, -0.25) is 4.79 Å². The quantitative estimate of drug-likeness (QED) is 0.458. The van der Waals surface area contributed by atoms with E-state index >= 15 is 0 Å². The second-order valence-electron chi connectivity index (χ2n) is 2.29. The van der Waals surface area contributed by atoms with Gasteiger partial charge in [0.1, 0.15) is 6.34 Å². The van der Waals surface area contributed by atoms with E-state index in [1.54, 1.807) is 0 Å². The van der Waals surface area contributed by atoms with Crippen LogP contribution in [0.15, 0.2) is 9.98 Å². The molecule has 3 nitrogen and oxygen atoms in total. The third-order valence-electron chi connectivity index (χ3n) is 1.80. The molecule has 0 radical (unpaired) electrons. The van der Waals surface area contributed by atoms with Crippen molar-refractivity contribution in [1.29, 1.82) is 0 Å². The number of hydrogen-bond acceptors (Lipinski definition) is 2. The third-order valence-corrected chi connectivity index (χ3v) is 1.80. The van der Waals surface area contributed by atoms with Crippen molar-refractivity contribution in [3.63, 3.8) is 0 Å². The predicted octanol–water partition coefficient (Wildman–Crippen LogP) is 0.406. The fraction of sp³-hybridized carbons (Fsp3) is 0.500. The number of aliphatic imine (C=N–C) groups is 2. The zero-order chi connectivity index (χ0) is 6.27. The minimum atomic E-state index is -0.00810. The predicted molar refractivity (Wildman–Crippen MR) is 33.7 cm³/mol. The molecule has 2 rings (SSSR count). The summed E-state index contributed by atoms with van der Waals surface area (Å²) in [6.45, 7) is 0. The van der Waals surface area contributed by atoms with Crippen molar-refractivity contribution in [3.05, 3.63) is 0 Å². The molecule has 3 heteroatoms. The molecule has 0 N–H and O–H groups in total. The third kappa shape index (κ3) is 0.542. The van der Waals surface area contributed by atoms with Crippen LogP contribution in [0.25, 0.3) is 0 Å². The van der Waals surface area contributed by atoms with Gasteiger partial charge in [0.2, 0.25) is 0 Å². The molecule has 9 heavy (non-hydrogen) atoms. The maximum atomic E-state index is 10.8. The molecular formula is C6H6N2O. The van der Waals surface area contributed by atoms with Crippen LogP contribution < -0.4 is 0 Å². The lowest BCUT2D eigenvalue weighted by molar-refractivity contribution is -0.120. The molecule has 0 bridgehead atoms. The van der Waals surface area contributed by atoms with Gasteiger partial charge in [-0.15, -0.1) is 0 Å². The van der Waals surface area contributed by atoms with Gasteiger partial charge < -0.3 is 0 Å². The van der Waals surface area contributed by atoms with E-state index in [0.717, 1.165) is 18.6 Å². The van der Waals surface area contributed by atoms with E-state index in [0.29, 0.717) is 0 Å². The second-order valence-corrected chi connectivity index (χ2v) is 2.29. The summed E-state index contributed by atoms with van der Waals surface area (Å²) in [6, 6.07) is 0. The highest BCUT2D eigenvalue weighted by molar-refractivity contribution is 6.14. The van der Waals surface area contributed by atoms with Gasteiger partial charge in [-0.05, 0) is 12.8 Å². The highest BCUT2D eigenvalue weighted by Crippen LogP contribution is 2.26. The van der Waals surface area contributed by atoms with Gasteiger partial charge in [0.05, 0.1) is 5.92 Å². The van der Waals surface area contributed by atoms with E-state index in [9.17, 15) is 4.79 Å². The molecule has 1 saturated carbocycles. The Balaban J connectivity index is 2.33. The number of rotatable bonds is 0. The van der Waals surface area contributed by atoms with E-state index in [4.69, 9.17) is 0 Å². The molecule has 1 unspecified atom stereocenters. The van der Waals surface area contributed by atoms with Crippen molar-refractivity contribution in [2.75, 3.05) is 0 Å². The van der Waals surface area contributed by atoms with Gasteiger partial charge >= 0.3 is 0 Å². The molecule has 0 aromatic carbocycles. The molecule has 0 saturated heterocycles. The first-order valence-corrected chi connectivity index (χ1v) is 3.01. The number of carbonyl (C=O) groups excluding carboxylic acids is 1. The highest BCUT2D eigenvalue weighted by atomic mass is 16.1. The van der Waals surface area contributed by atoms with Crippen LogP contribution in [0.4, 0.5) is 0 Å². The zero-order valence-corrected chi connectivity index (χ0v) is 4.87. The normalized spacial score (nSPS) is 30.9. The molecule has 1 fully saturated rings. The first-order chi connectivity index (χ1) is 4.38. The fourth-order valence-electron chi connectivity index (χ4n) is 1.09. The molecule has 1 amide bonds. The minimum absolute atomic E-state index is 0.00810. The van der Waals surface area contributed by atoms with Crippen molar-refractivity contribution in [3.8, 4) is 0 Å². The van der Waals surface area contributed by atoms with Crippen LogP contribution >= 0.6 is 0 Å². The molecule has 46 valence electrons. The van der Waals surface area contributed by atoms with Gasteiger partial charge in [0.25, 0.3) is 5.91 Å². The van der Waals surface area contributed by atoms with Crippen molar-refractivity contribution >= 4 is 18.0 Å². The smallest absolute Gasteiger partial charge is 0.255 e. The van der Waals surface area contributed by atoms with Crippen LogP contribution in [0.1, 0.15) is 12.8 Å². The Morgan fingerprint density at radius 2 is 2.56 bits per heavy atom. The summed E-state index contributed by atoms with van der Waals surface area (Å²) in [6.07, 6.45) is 3.30. The Hall–Kier alpha value is -0.990. The van der Waals surface area contributed by atoms with Gasteiger partial charge in [0, 0.05) is 5.71 Å². The number of nitrogens with zero attached hydrogens (tertiary/aromatic N) is 2. The van der Waals surface area contributed by atoms with E-state index < -0.39 is 0 Å². The van der Waals surface area contributed by atoms with Gasteiger partial charge in [0.15, 0.2) is 0 Å². The molecule has 0 spiro atoms. The minimum Gasteiger partial charge on any atom is -0.272 e. The molecule has 1 atom stereocenters. The number of amides is 1. The largest absolute Gasteiger partial charge is 0.272 e. The van der Waals surface area contributed by atoms with Crippen LogP contribution in [-0.4, -0.2) is 18.0 Å². The number of carbonyl (C=O) groups is 1. The Bertz CT molecular complexity index is 217. The lowest BCUT2D eigenvalue weighted by Crippen LogP contribution is -2.34. The molecule has 0 aromatic rings. The fourth-order valence-corrected chi connectivity index (χ4v) is 1.09. The van der Waals surface area contributed by atoms with Crippen molar-refractivity contribution in [2.24, 2.45) is 15.9 Å². The van der Waals surface area contributed by atoms with Crippen LogP contribution in [0, 0.1) is 5.92 Å². The average molecular weight is 122 g/mol. The number of hydrogen-bond donors (Lipinski definition) is 0. The van der Waals surface area contributed by atoms with Crippen LogP contribution in [-0.2, 0) is 4.79 Å². The first-order valence-electron chi connectivity index (χ1n) is 3.01. The lowest BCUT2D eigenvalue weighted by Gasteiger charge is -2.26. The van der Waals surface area contributed by atoms with E-state index in [-0.39, 0.29) is 11.8 Å². The molecule has 1 aliphatic carbocycles. The average Bonchev–Trinajstić information content (AvgIpc) is 1.74. The summed E-state index contributed by atoms with van der Waals surface area (Å²) in [7, 11) is 0. The molecule has 0 aromatic heterocycles. The molecule has 2 aliphatic rings. The SMILES string of the molecule is O=C1N=CN=C2CCC12. The maximum absolute atomic E-state index is 10.8. The zero-order valence-electron chi connectivity index (χ0n) is 4.87. The Morgan fingerprint density at radius 1 is 1.67 bits per heavy atom. The molecule has 1 aliphatic heterocycles. The summed E-state index contributed by atoms with van der Waals surface area (Å²) in [4.78, 5) is 18.3. The van der Waals surface area contributed by atoms with Gasteiger partial charge in [-0.25, -0.2) is 9.98 Å². The summed E-state index contributed by atoms with van der Waals surface area (Å²) in [5.74, 6) is 0.0567. The number of fused-ring (bicyclic) bond motifs is 1. The first kappa shape index (κ1) is 4.85. The Labute approximate surface area is 52.5 Å². The van der Waals surface area contributed by atoms with Crippen molar-refractivity contribution in [1.82, 2.24) is 0 Å². The van der Waals surface area contributed by atoms with Crippen LogP contribution in [0.5, 0.6) is 0 Å². The summed E-state index contributed by atoms with van der Waals surface area (Å²) in [5.41, 5.74) is 1.02. The second kappa shape index (κ2) is 1.50. The monoisotopic (exact) mass is 122 g/mol. The van der Waals surface area contributed by atoms with Crippen molar-refractivity contribution in [2.45, 2.75) is 12.8 Å². The summed E-state index contributed by atoms with van der Waals surface area (Å²) in [5, 5.41) is 0. The van der Waals surface area contributed by atoms with E-state index in [1.165, 1.54) is 6.34 Å². The lowest BCUT2D eigenvalue weighted by atomic mass is 9.82. The maximum Gasteiger partial charge on any atom is 0.255 e. The summed E-state index contributed by atoms with van der Waals surface area (Å²) < 4.78 is 0. The summed E-state index contributed by atoms with van der Waals surface area (Å²) >= 11 is 0. The van der Waals surface area contributed by atoms with Crippen LogP contribution in [0.2, 0.25) is 0 Å². The van der Waals surface area contributed by atoms with E-state index in [1.807, 2.05) is 0 Å². The Morgan fingerprint density at radius 3 is 3.00 bits per heavy atom. The van der Waals surface area contributed by atoms with E-state index in [2.05, 4.69) is 9.98 Å². The Kier molecular flexibility index (Phi) is 0.806. The van der Waals surface area contributed by atoms with Gasteiger partial charge in [-0.2, -0.15) is 0 Å². The topological polar surface area (TPSA) is 41.8 Å². The van der Waals surface area contributed by atoms with Gasteiger partial charge in [-0.1, -0.05) is 0 Å². The highest BCUT2D eigenvalue weighted by Gasteiger charge is 2.33.